The highest BCUT2D eigenvalue weighted by Gasteiger charge is 2.23. The van der Waals surface area contributed by atoms with Gasteiger partial charge in [-0.2, -0.15) is 5.10 Å². The van der Waals surface area contributed by atoms with Crippen molar-refractivity contribution < 1.29 is 4.79 Å². The van der Waals surface area contributed by atoms with Crippen LogP contribution in [0.5, 0.6) is 0 Å². The maximum Gasteiger partial charge on any atom is 0.271 e. The molecule has 2 N–H and O–H groups in total. The standard InChI is InChI=1S/C22H31N5O/c28-22(21-10-14-27(25-21)20-7-4-11-23-16-20)24-15-19-9-13-26(17-19)12-8-18-5-2-1-3-6-18/h1-3,5-6,10,14,19-20,23H,4,7-9,11-13,15-17H2,(H,24,28). The van der Waals surface area contributed by atoms with Crippen LogP contribution < -0.4 is 10.6 Å². The van der Waals surface area contributed by atoms with Crippen molar-refractivity contribution in [3.05, 3.63) is 53.9 Å². The highest BCUT2D eigenvalue weighted by molar-refractivity contribution is 5.92. The van der Waals surface area contributed by atoms with E-state index in [1.807, 2.05) is 16.9 Å². The summed E-state index contributed by atoms with van der Waals surface area (Å²) in [5, 5.41) is 11.0. The predicted octanol–water partition coefficient (Wildman–Crippen LogP) is 2.10. The van der Waals surface area contributed by atoms with E-state index in [9.17, 15) is 4.79 Å². The fourth-order valence-corrected chi connectivity index (χ4v) is 4.26. The third-order valence-corrected chi connectivity index (χ3v) is 5.97. The van der Waals surface area contributed by atoms with Gasteiger partial charge >= 0.3 is 0 Å². The van der Waals surface area contributed by atoms with Crippen molar-refractivity contribution >= 4 is 5.91 Å². The van der Waals surface area contributed by atoms with Crippen LogP contribution in [0.3, 0.4) is 0 Å². The van der Waals surface area contributed by atoms with Crippen molar-refractivity contribution in [1.29, 1.82) is 0 Å². The molecule has 1 aromatic carbocycles. The maximum absolute atomic E-state index is 12.5. The molecule has 0 spiro atoms. The van der Waals surface area contributed by atoms with Crippen LogP contribution in [0.1, 0.15) is 41.4 Å². The van der Waals surface area contributed by atoms with Gasteiger partial charge in [0.2, 0.25) is 0 Å². The van der Waals surface area contributed by atoms with Crippen LogP contribution >= 0.6 is 0 Å². The van der Waals surface area contributed by atoms with E-state index in [-0.39, 0.29) is 5.91 Å². The Kier molecular flexibility index (Phi) is 6.39. The second kappa shape index (κ2) is 9.34. The molecule has 0 bridgehead atoms. The Morgan fingerprint density at radius 1 is 1.21 bits per heavy atom. The molecule has 0 saturated carbocycles. The first-order valence-corrected chi connectivity index (χ1v) is 10.6. The number of carbonyl (C=O) groups is 1. The molecule has 2 unspecified atom stereocenters. The van der Waals surface area contributed by atoms with Crippen molar-refractivity contribution in [3.63, 3.8) is 0 Å². The summed E-state index contributed by atoms with van der Waals surface area (Å²) in [6, 6.07) is 12.8. The van der Waals surface area contributed by atoms with Crippen LogP contribution in [-0.2, 0) is 6.42 Å². The minimum absolute atomic E-state index is 0.0507. The topological polar surface area (TPSA) is 62.2 Å². The minimum atomic E-state index is -0.0507. The summed E-state index contributed by atoms with van der Waals surface area (Å²) in [5.41, 5.74) is 1.92. The molecule has 2 aromatic rings. The summed E-state index contributed by atoms with van der Waals surface area (Å²) in [4.78, 5) is 15.0. The lowest BCUT2D eigenvalue weighted by molar-refractivity contribution is 0.0941. The monoisotopic (exact) mass is 381 g/mol. The molecule has 2 saturated heterocycles. The molecule has 6 nitrogen and oxygen atoms in total. The van der Waals surface area contributed by atoms with Crippen molar-refractivity contribution in [2.45, 2.75) is 31.7 Å². The zero-order valence-corrected chi connectivity index (χ0v) is 16.5. The second-order valence-electron chi connectivity index (χ2n) is 8.08. The number of hydrogen-bond donors (Lipinski definition) is 2. The smallest absolute Gasteiger partial charge is 0.271 e. The molecule has 3 heterocycles. The largest absolute Gasteiger partial charge is 0.350 e. The zero-order chi connectivity index (χ0) is 19.2. The van der Waals surface area contributed by atoms with Gasteiger partial charge in [0.15, 0.2) is 0 Å². The highest BCUT2D eigenvalue weighted by atomic mass is 16.1. The summed E-state index contributed by atoms with van der Waals surface area (Å²) in [6.07, 6.45) is 6.46. The van der Waals surface area contributed by atoms with E-state index < -0.39 is 0 Å². The van der Waals surface area contributed by atoms with Gasteiger partial charge in [0.05, 0.1) is 6.04 Å². The van der Waals surface area contributed by atoms with E-state index in [1.165, 1.54) is 5.56 Å². The summed E-state index contributed by atoms with van der Waals surface area (Å²) in [6.45, 7) is 6.03. The lowest BCUT2D eigenvalue weighted by Crippen LogP contribution is -2.33. The van der Waals surface area contributed by atoms with Crippen molar-refractivity contribution in [2.75, 3.05) is 39.3 Å². The first-order valence-electron chi connectivity index (χ1n) is 10.6. The van der Waals surface area contributed by atoms with Gasteiger partial charge in [-0.1, -0.05) is 30.3 Å². The third-order valence-electron chi connectivity index (χ3n) is 5.97. The lowest BCUT2D eigenvalue weighted by atomic mass is 10.1. The van der Waals surface area contributed by atoms with E-state index in [0.717, 1.165) is 65.0 Å². The van der Waals surface area contributed by atoms with E-state index in [1.54, 1.807) is 0 Å². The molecular weight excluding hydrogens is 350 g/mol. The minimum Gasteiger partial charge on any atom is -0.350 e. The van der Waals surface area contributed by atoms with Crippen molar-refractivity contribution in [2.24, 2.45) is 5.92 Å². The predicted molar refractivity (Wildman–Crippen MR) is 110 cm³/mol. The number of nitrogens with zero attached hydrogens (tertiary/aromatic N) is 3. The van der Waals surface area contributed by atoms with Gasteiger partial charge in [0.25, 0.3) is 5.91 Å². The first-order chi connectivity index (χ1) is 13.8. The van der Waals surface area contributed by atoms with Gasteiger partial charge in [-0.3, -0.25) is 9.48 Å². The Hall–Kier alpha value is -2.18. The Bertz CT molecular complexity index is 753. The van der Waals surface area contributed by atoms with Gasteiger partial charge in [-0.15, -0.1) is 0 Å². The SMILES string of the molecule is O=C(NCC1CCN(CCc2ccccc2)C1)c1ccn(C2CCCNC2)n1. The van der Waals surface area contributed by atoms with E-state index in [0.29, 0.717) is 17.7 Å². The summed E-state index contributed by atoms with van der Waals surface area (Å²) in [5.74, 6) is 0.481. The zero-order valence-electron chi connectivity index (χ0n) is 16.5. The Balaban J connectivity index is 1.19. The molecule has 1 aromatic heterocycles. The van der Waals surface area contributed by atoms with Gasteiger partial charge in [0.1, 0.15) is 5.69 Å². The average molecular weight is 382 g/mol. The maximum atomic E-state index is 12.5. The number of aromatic nitrogens is 2. The number of hydrogen-bond acceptors (Lipinski definition) is 4. The van der Waals surface area contributed by atoms with Crippen molar-refractivity contribution in [1.82, 2.24) is 25.3 Å². The lowest BCUT2D eigenvalue weighted by Gasteiger charge is -2.22. The van der Waals surface area contributed by atoms with Crippen molar-refractivity contribution in [3.8, 4) is 0 Å². The number of piperidine rings is 1. The second-order valence-corrected chi connectivity index (χ2v) is 8.08. The first kappa shape index (κ1) is 19.2. The molecule has 28 heavy (non-hydrogen) atoms. The molecule has 0 aliphatic carbocycles. The van der Waals surface area contributed by atoms with Crippen LogP contribution in [0.4, 0.5) is 0 Å². The van der Waals surface area contributed by atoms with E-state index in [4.69, 9.17) is 0 Å². The molecule has 6 heteroatoms. The van der Waals surface area contributed by atoms with E-state index >= 15 is 0 Å². The fraction of sp³-hybridized carbons (Fsp3) is 0.545. The van der Waals surface area contributed by atoms with Gasteiger partial charge < -0.3 is 15.5 Å². The van der Waals surface area contributed by atoms with Crippen LogP contribution in [-0.4, -0.2) is 59.9 Å². The quantitative estimate of drug-likeness (QED) is 0.771. The van der Waals surface area contributed by atoms with Crippen LogP contribution in [0.15, 0.2) is 42.6 Å². The number of nitrogens with one attached hydrogen (secondary N) is 2. The molecule has 4 rings (SSSR count). The number of likely N-dealkylation sites (tertiary alicyclic amines) is 1. The summed E-state index contributed by atoms with van der Waals surface area (Å²) < 4.78 is 1.95. The van der Waals surface area contributed by atoms with Crippen LogP contribution in [0.2, 0.25) is 0 Å². The molecule has 2 aliphatic rings. The molecule has 1 amide bonds. The van der Waals surface area contributed by atoms with Gasteiger partial charge in [-0.05, 0) is 56.3 Å². The van der Waals surface area contributed by atoms with E-state index in [2.05, 4.69) is 51.0 Å². The highest BCUT2D eigenvalue weighted by Crippen LogP contribution is 2.17. The molecule has 2 aliphatic heterocycles. The third kappa shape index (κ3) is 5.00. The number of amides is 1. The molecule has 0 radical (unpaired) electrons. The number of benzene rings is 1. The summed E-state index contributed by atoms with van der Waals surface area (Å²) in [7, 11) is 0. The molecular formula is C22H31N5O. The fourth-order valence-electron chi connectivity index (χ4n) is 4.26. The molecule has 2 atom stereocenters. The number of rotatable bonds is 7. The Morgan fingerprint density at radius 3 is 2.93 bits per heavy atom. The molecule has 150 valence electrons. The Labute approximate surface area is 167 Å². The van der Waals surface area contributed by atoms with Gasteiger partial charge in [0, 0.05) is 32.4 Å². The number of carbonyl (C=O) groups excluding carboxylic acids is 1. The average Bonchev–Trinajstić information content (AvgIpc) is 3.42. The summed E-state index contributed by atoms with van der Waals surface area (Å²) >= 11 is 0. The Morgan fingerprint density at radius 2 is 2.11 bits per heavy atom. The normalized spacial score (nSPS) is 23.0. The molecule has 2 fully saturated rings. The van der Waals surface area contributed by atoms with Crippen LogP contribution in [0, 0.1) is 5.92 Å². The van der Waals surface area contributed by atoms with Crippen LogP contribution in [0.25, 0.3) is 0 Å². The van der Waals surface area contributed by atoms with Gasteiger partial charge in [-0.25, -0.2) is 0 Å².